The Morgan fingerprint density at radius 2 is 2.23 bits per heavy atom. The number of rotatable bonds is 2. The average molecular weight is 198 g/mol. The molecule has 1 fully saturated rings. The van der Waals surface area contributed by atoms with E-state index in [0.717, 1.165) is 21.6 Å². The molecule has 4 heteroatoms. The van der Waals surface area contributed by atoms with Crippen molar-refractivity contribution in [1.82, 2.24) is 0 Å². The summed E-state index contributed by atoms with van der Waals surface area (Å²) < 4.78 is 10.7. The molecule has 1 saturated heterocycles. The number of thiophene rings is 1. The highest BCUT2D eigenvalue weighted by Gasteiger charge is 2.21. The molecule has 0 atom stereocenters. The van der Waals surface area contributed by atoms with Crippen LogP contribution >= 0.6 is 11.3 Å². The summed E-state index contributed by atoms with van der Waals surface area (Å²) in [5.74, 6) is 0. The third-order valence-corrected chi connectivity index (χ3v) is 2.96. The molecular formula is C9H10O3S. The van der Waals surface area contributed by atoms with Gasteiger partial charge in [-0.05, 0) is 13.0 Å². The third-order valence-electron chi connectivity index (χ3n) is 1.97. The molecule has 0 amide bonds. The van der Waals surface area contributed by atoms with E-state index in [2.05, 4.69) is 0 Å². The van der Waals surface area contributed by atoms with Crippen LogP contribution in [0.5, 0.6) is 0 Å². The maximum absolute atomic E-state index is 10.5. The largest absolute Gasteiger partial charge is 0.346 e. The summed E-state index contributed by atoms with van der Waals surface area (Å²) in [4.78, 5) is 12.3. The Bertz CT molecular complexity index is 313. The molecule has 0 saturated carbocycles. The quantitative estimate of drug-likeness (QED) is 0.681. The first kappa shape index (κ1) is 8.87. The van der Waals surface area contributed by atoms with Gasteiger partial charge < -0.3 is 9.47 Å². The van der Waals surface area contributed by atoms with E-state index in [4.69, 9.17) is 9.47 Å². The first-order valence-corrected chi connectivity index (χ1v) is 4.91. The fourth-order valence-corrected chi connectivity index (χ4v) is 2.21. The summed E-state index contributed by atoms with van der Waals surface area (Å²) in [6.07, 6.45) is 0.598. The van der Waals surface area contributed by atoms with Gasteiger partial charge in [0.2, 0.25) is 0 Å². The zero-order valence-electron chi connectivity index (χ0n) is 7.28. The van der Waals surface area contributed by atoms with E-state index >= 15 is 0 Å². The molecule has 70 valence electrons. The number of hydrogen-bond acceptors (Lipinski definition) is 4. The molecule has 2 heterocycles. The summed E-state index contributed by atoms with van der Waals surface area (Å²) >= 11 is 1.47. The second kappa shape index (κ2) is 3.57. The van der Waals surface area contributed by atoms with E-state index in [1.165, 1.54) is 11.3 Å². The molecule has 1 aromatic rings. The number of ether oxygens (including phenoxy) is 2. The Morgan fingerprint density at radius 3 is 2.77 bits per heavy atom. The van der Waals surface area contributed by atoms with Crippen LogP contribution in [0.25, 0.3) is 0 Å². The Hall–Kier alpha value is -0.710. The van der Waals surface area contributed by atoms with Gasteiger partial charge in [0.25, 0.3) is 0 Å². The summed E-state index contributed by atoms with van der Waals surface area (Å²) in [7, 11) is 0. The van der Waals surface area contributed by atoms with Gasteiger partial charge in [0, 0.05) is 10.4 Å². The van der Waals surface area contributed by atoms with Crippen LogP contribution in [-0.2, 0) is 9.47 Å². The molecule has 3 nitrogen and oxygen atoms in total. The van der Waals surface area contributed by atoms with Crippen molar-refractivity contribution in [2.24, 2.45) is 0 Å². The van der Waals surface area contributed by atoms with Gasteiger partial charge in [0.05, 0.1) is 18.1 Å². The van der Waals surface area contributed by atoms with Crippen LogP contribution in [0.2, 0.25) is 0 Å². The smallest absolute Gasteiger partial charge is 0.185 e. The predicted octanol–water partition coefficient (Wildman–Crippen LogP) is 1.91. The zero-order valence-corrected chi connectivity index (χ0v) is 8.10. The van der Waals surface area contributed by atoms with E-state index < -0.39 is 0 Å². The van der Waals surface area contributed by atoms with Gasteiger partial charge in [-0.2, -0.15) is 0 Å². The van der Waals surface area contributed by atoms with Crippen LogP contribution in [-0.4, -0.2) is 19.5 Å². The van der Waals surface area contributed by atoms with Crippen molar-refractivity contribution >= 4 is 17.6 Å². The molecule has 0 unspecified atom stereocenters. The van der Waals surface area contributed by atoms with Crippen LogP contribution in [0.3, 0.4) is 0 Å². The fraction of sp³-hybridized carbons (Fsp3) is 0.444. The molecule has 0 radical (unpaired) electrons. The SMILES string of the molecule is Cc1sc(C=O)cc1C1OCCO1. The normalized spacial score (nSPS) is 17.9. The van der Waals surface area contributed by atoms with E-state index in [-0.39, 0.29) is 6.29 Å². The van der Waals surface area contributed by atoms with Gasteiger partial charge in [0.1, 0.15) is 0 Å². The summed E-state index contributed by atoms with van der Waals surface area (Å²) in [5, 5.41) is 0. The topological polar surface area (TPSA) is 35.5 Å². The third kappa shape index (κ3) is 1.65. The zero-order chi connectivity index (χ0) is 9.26. The lowest BCUT2D eigenvalue weighted by molar-refractivity contribution is -0.0442. The van der Waals surface area contributed by atoms with Gasteiger partial charge in [-0.1, -0.05) is 0 Å². The number of aryl methyl sites for hydroxylation is 1. The standard InChI is InChI=1S/C9H10O3S/c1-6-8(4-7(5-10)13-6)9-11-2-3-12-9/h4-5,9H,2-3H2,1H3. The van der Waals surface area contributed by atoms with Crippen LogP contribution in [0.4, 0.5) is 0 Å². The van der Waals surface area contributed by atoms with Crippen molar-refractivity contribution in [3.05, 3.63) is 21.4 Å². The lowest BCUT2D eigenvalue weighted by atomic mass is 10.2. The summed E-state index contributed by atoms with van der Waals surface area (Å²) in [5.41, 5.74) is 0.990. The highest BCUT2D eigenvalue weighted by atomic mass is 32.1. The van der Waals surface area contributed by atoms with Gasteiger partial charge in [-0.25, -0.2) is 0 Å². The van der Waals surface area contributed by atoms with Gasteiger partial charge in [0.15, 0.2) is 12.6 Å². The van der Waals surface area contributed by atoms with Crippen LogP contribution in [0.1, 0.15) is 26.4 Å². The Morgan fingerprint density at radius 1 is 1.54 bits per heavy atom. The molecular weight excluding hydrogens is 188 g/mol. The minimum absolute atomic E-state index is 0.259. The number of carbonyl (C=O) groups is 1. The first-order valence-electron chi connectivity index (χ1n) is 4.10. The van der Waals surface area contributed by atoms with E-state index in [1.807, 2.05) is 13.0 Å². The van der Waals surface area contributed by atoms with Crippen LogP contribution in [0.15, 0.2) is 6.07 Å². The number of hydrogen-bond donors (Lipinski definition) is 0. The van der Waals surface area contributed by atoms with Crippen molar-refractivity contribution in [2.75, 3.05) is 13.2 Å². The summed E-state index contributed by atoms with van der Waals surface area (Å²) in [6.45, 7) is 3.24. The molecule has 2 rings (SSSR count). The predicted molar refractivity (Wildman–Crippen MR) is 49.1 cm³/mol. The van der Waals surface area contributed by atoms with E-state index in [1.54, 1.807) is 0 Å². The Balaban J connectivity index is 2.27. The minimum atomic E-state index is -0.259. The molecule has 0 aromatic carbocycles. The molecule has 0 spiro atoms. The Kier molecular flexibility index (Phi) is 2.44. The Labute approximate surface area is 80.3 Å². The van der Waals surface area contributed by atoms with E-state index in [0.29, 0.717) is 13.2 Å². The number of carbonyl (C=O) groups excluding carboxylic acids is 1. The van der Waals surface area contributed by atoms with Gasteiger partial charge in [-0.3, -0.25) is 4.79 Å². The summed E-state index contributed by atoms with van der Waals surface area (Å²) in [6, 6.07) is 1.84. The van der Waals surface area contributed by atoms with Crippen LogP contribution < -0.4 is 0 Å². The maximum Gasteiger partial charge on any atom is 0.185 e. The van der Waals surface area contributed by atoms with Crippen LogP contribution in [0, 0.1) is 6.92 Å². The van der Waals surface area contributed by atoms with Crippen molar-refractivity contribution in [3.8, 4) is 0 Å². The second-order valence-electron chi connectivity index (χ2n) is 2.85. The van der Waals surface area contributed by atoms with Gasteiger partial charge in [-0.15, -0.1) is 11.3 Å². The highest BCUT2D eigenvalue weighted by Crippen LogP contribution is 2.31. The lowest BCUT2D eigenvalue weighted by Gasteiger charge is -2.07. The molecule has 1 aliphatic heterocycles. The van der Waals surface area contributed by atoms with Crippen molar-refractivity contribution < 1.29 is 14.3 Å². The molecule has 1 aliphatic rings. The molecule has 0 N–H and O–H groups in total. The molecule has 0 aliphatic carbocycles. The monoisotopic (exact) mass is 198 g/mol. The molecule has 13 heavy (non-hydrogen) atoms. The highest BCUT2D eigenvalue weighted by molar-refractivity contribution is 7.13. The van der Waals surface area contributed by atoms with Crippen molar-refractivity contribution in [3.63, 3.8) is 0 Å². The fourth-order valence-electron chi connectivity index (χ4n) is 1.35. The molecule has 0 bridgehead atoms. The minimum Gasteiger partial charge on any atom is -0.346 e. The molecule has 1 aromatic heterocycles. The average Bonchev–Trinajstić information content (AvgIpc) is 2.72. The number of aldehydes is 1. The first-order chi connectivity index (χ1) is 6.31. The lowest BCUT2D eigenvalue weighted by Crippen LogP contribution is -1.97. The van der Waals surface area contributed by atoms with Crippen molar-refractivity contribution in [1.29, 1.82) is 0 Å². The maximum atomic E-state index is 10.5. The second-order valence-corrected chi connectivity index (χ2v) is 4.14. The van der Waals surface area contributed by atoms with Gasteiger partial charge >= 0.3 is 0 Å². The van der Waals surface area contributed by atoms with E-state index in [9.17, 15) is 4.79 Å². The van der Waals surface area contributed by atoms with Crippen molar-refractivity contribution in [2.45, 2.75) is 13.2 Å².